The fraction of sp³-hybridized carbons (Fsp3) is 0.259. The van der Waals surface area contributed by atoms with Crippen LogP contribution in [0.4, 0.5) is 0 Å². The summed E-state index contributed by atoms with van der Waals surface area (Å²) in [6, 6.07) is 24.4. The van der Waals surface area contributed by atoms with Crippen LogP contribution < -0.4 is 5.32 Å². The summed E-state index contributed by atoms with van der Waals surface area (Å²) < 4.78 is 2.09. The Balaban J connectivity index is 1.25. The number of aromatic nitrogens is 2. The SMILES string of the molecule is O=C(NCCN1CCCCC1)c1ccc(-c2ccc3c(c2)ncn3-c2ccccc2)cc1. The minimum absolute atomic E-state index is 0.00869. The highest BCUT2D eigenvalue weighted by molar-refractivity contribution is 5.94. The summed E-state index contributed by atoms with van der Waals surface area (Å²) >= 11 is 0. The van der Waals surface area contributed by atoms with Gasteiger partial charge in [-0.3, -0.25) is 9.36 Å². The van der Waals surface area contributed by atoms with Gasteiger partial charge in [0.25, 0.3) is 5.91 Å². The minimum Gasteiger partial charge on any atom is -0.351 e. The standard InChI is InChI=1S/C27H28N4O/c32-27(28-15-18-30-16-5-2-6-17-30)22-11-9-21(10-12-22)23-13-14-26-25(19-23)29-20-31(26)24-7-3-1-4-8-24/h1,3-4,7-14,19-20H,2,5-6,15-18H2,(H,28,32). The van der Waals surface area contributed by atoms with Crippen molar-refractivity contribution in [3.8, 4) is 16.8 Å². The molecule has 0 unspecified atom stereocenters. The van der Waals surface area contributed by atoms with Crippen molar-refractivity contribution < 1.29 is 4.79 Å². The van der Waals surface area contributed by atoms with E-state index in [4.69, 9.17) is 0 Å². The van der Waals surface area contributed by atoms with E-state index in [1.165, 1.54) is 19.3 Å². The lowest BCUT2D eigenvalue weighted by Crippen LogP contribution is -2.37. The van der Waals surface area contributed by atoms with Crippen LogP contribution in [-0.2, 0) is 0 Å². The molecule has 1 N–H and O–H groups in total. The Hall–Kier alpha value is -3.44. The van der Waals surface area contributed by atoms with Crippen LogP contribution in [-0.4, -0.2) is 46.5 Å². The highest BCUT2D eigenvalue weighted by atomic mass is 16.1. The molecule has 5 nitrogen and oxygen atoms in total. The van der Waals surface area contributed by atoms with E-state index < -0.39 is 0 Å². The number of para-hydroxylation sites is 1. The van der Waals surface area contributed by atoms with Crippen molar-refractivity contribution in [1.29, 1.82) is 0 Å². The van der Waals surface area contributed by atoms with Gasteiger partial charge in [0.05, 0.1) is 11.0 Å². The molecule has 32 heavy (non-hydrogen) atoms. The third-order valence-corrected chi connectivity index (χ3v) is 6.22. The zero-order valence-corrected chi connectivity index (χ0v) is 18.2. The highest BCUT2D eigenvalue weighted by Gasteiger charge is 2.11. The van der Waals surface area contributed by atoms with E-state index in [1.54, 1.807) is 0 Å². The number of carbonyl (C=O) groups excluding carboxylic acids is 1. The monoisotopic (exact) mass is 424 g/mol. The first kappa shape index (κ1) is 20.5. The Morgan fingerprint density at radius 3 is 2.41 bits per heavy atom. The lowest BCUT2D eigenvalue weighted by Gasteiger charge is -2.26. The molecule has 2 heterocycles. The Morgan fingerprint density at radius 2 is 1.62 bits per heavy atom. The number of likely N-dealkylation sites (tertiary alicyclic amines) is 1. The number of nitrogens with one attached hydrogen (secondary N) is 1. The van der Waals surface area contributed by atoms with Crippen LogP contribution in [0.2, 0.25) is 0 Å². The molecule has 0 spiro atoms. The second kappa shape index (κ2) is 9.37. The van der Waals surface area contributed by atoms with E-state index in [2.05, 4.69) is 50.1 Å². The average Bonchev–Trinajstić information content (AvgIpc) is 3.29. The third kappa shape index (κ3) is 4.43. The van der Waals surface area contributed by atoms with Gasteiger partial charge in [0.2, 0.25) is 0 Å². The number of rotatable bonds is 6. The van der Waals surface area contributed by atoms with Crippen LogP contribution in [0, 0.1) is 0 Å². The molecule has 0 bridgehead atoms. The quantitative estimate of drug-likeness (QED) is 0.479. The van der Waals surface area contributed by atoms with Gasteiger partial charge < -0.3 is 10.2 Å². The molecule has 5 heteroatoms. The summed E-state index contributed by atoms with van der Waals surface area (Å²) in [6.45, 7) is 3.93. The molecule has 4 aromatic rings. The molecule has 0 aliphatic carbocycles. The van der Waals surface area contributed by atoms with E-state index in [0.717, 1.165) is 47.5 Å². The van der Waals surface area contributed by atoms with Crippen LogP contribution >= 0.6 is 0 Å². The molecule has 3 aromatic carbocycles. The van der Waals surface area contributed by atoms with Gasteiger partial charge >= 0.3 is 0 Å². The van der Waals surface area contributed by atoms with Gasteiger partial charge in [0.15, 0.2) is 0 Å². The van der Waals surface area contributed by atoms with Crippen molar-refractivity contribution in [2.75, 3.05) is 26.2 Å². The van der Waals surface area contributed by atoms with Crippen LogP contribution in [0.25, 0.3) is 27.8 Å². The van der Waals surface area contributed by atoms with Crippen LogP contribution in [0.15, 0.2) is 79.1 Å². The Morgan fingerprint density at radius 1 is 0.875 bits per heavy atom. The molecule has 1 fully saturated rings. The molecule has 5 rings (SSSR count). The minimum atomic E-state index is -0.00869. The largest absolute Gasteiger partial charge is 0.351 e. The van der Waals surface area contributed by atoms with E-state index >= 15 is 0 Å². The first-order valence-electron chi connectivity index (χ1n) is 11.4. The van der Waals surface area contributed by atoms with Crippen molar-refractivity contribution in [3.05, 3.63) is 84.7 Å². The smallest absolute Gasteiger partial charge is 0.251 e. The van der Waals surface area contributed by atoms with Crippen molar-refractivity contribution >= 4 is 16.9 Å². The molecule has 0 atom stereocenters. The number of hydrogen-bond donors (Lipinski definition) is 1. The van der Waals surface area contributed by atoms with Crippen LogP contribution in [0.1, 0.15) is 29.6 Å². The second-order valence-corrected chi connectivity index (χ2v) is 8.39. The number of benzene rings is 3. The van der Waals surface area contributed by atoms with Crippen LogP contribution in [0.3, 0.4) is 0 Å². The van der Waals surface area contributed by atoms with Crippen LogP contribution in [0.5, 0.6) is 0 Å². The number of fused-ring (bicyclic) bond motifs is 1. The topological polar surface area (TPSA) is 50.2 Å². The first-order valence-corrected chi connectivity index (χ1v) is 11.4. The lowest BCUT2D eigenvalue weighted by atomic mass is 10.0. The molecule has 0 radical (unpaired) electrons. The lowest BCUT2D eigenvalue weighted by molar-refractivity contribution is 0.0946. The van der Waals surface area contributed by atoms with E-state index in [0.29, 0.717) is 12.1 Å². The summed E-state index contributed by atoms with van der Waals surface area (Å²) in [5, 5.41) is 3.05. The average molecular weight is 425 g/mol. The van der Waals surface area contributed by atoms with E-state index in [-0.39, 0.29) is 5.91 Å². The number of imidazole rings is 1. The van der Waals surface area contributed by atoms with Gasteiger partial charge in [-0.05, 0) is 73.5 Å². The second-order valence-electron chi connectivity index (χ2n) is 8.39. The summed E-state index contributed by atoms with van der Waals surface area (Å²) in [5.74, 6) is -0.00869. The molecule has 1 aliphatic heterocycles. The molecule has 162 valence electrons. The number of piperidine rings is 1. The summed E-state index contributed by atoms with van der Waals surface area (Å²) in [6.07, 6.45) is 5.74. The van der Waals surface area contributed by atoms with Gasteiger partial charge in [0.1, 0.15) is 6.33 Å². The van der Waals surface area contributed by atoms with Crippen molar-refractivity contribution in [3.63, 3.8) is 0 Å². The maximum atomic E-state index is 12.5. The predicted molar refractivity (Wildman–Crippen MR) is 129 cm³/mol. The molecule has 1 saturated heterocycles. The Kier molecular flexibility index (Phi) is 5.99. The number of amides is 1. The van der Waals surface area contributed by atoms with Gasteiger partial charge in [-0.1, -0.05) is 42.8 Å². The molecule has 1 aliphatic rings. The molecule has 1 aromatic heterocycles. The fourth-order valence-electron chi connectivity index (χ4n) is 4.41. The normalized spacial score (nSPS) is 14.5. The number of hydrogen-bond acceptors (Lipinski definition) is 3. The van der Waals surface area contributed by atoms with Gasteiger partial charge in [-0.2, -0.15) is 0 Å². The van der Waals surface area contributed by atoms with Gasteiger partial charge in [-0.25, -0.2) is 4.98 Å². The third-order valence-electron chi connectivity index (χ3n) is 6.22. The fourth-order valence-corrected chi connectivity index (χ4v) is 4.41. The van der Waals surface area contributed by atoms with E-state index in [9.17, 15) is 4.79 Å². The Labute approximate surface area is 188 Å². The van der Waals surface area contributed by atoms with Crippen molar-refractivity contribution in [1.82, 2.24) is 19.8 Å². The molecule has 1 amide bonds. The predicted octanol–water partition coefficient (Wildman–Crippen LogP) is 4.91. The summed E-state index contributed by atoms with van der Waals surface area (Å²) in [4.78, 5) is 19.5. The molecular weight excluding hydrogens is 396 g/mol. The maximum absolute atomic E-state index is 12.5. The Bertz CT molecular complexity index is 1190. The zero-order valence-electron chi connectivity index (χ0n) is 18.2. The van der Waals surface area contributed by atoms with E-state index in [1.807, 2.05) is 48.8 Å². The highest BCUT2D eigenvalue weighted by Crippen LogP contribution is 2.26. The first-order chi connectivity index (χ1) is 15.8. The van der Waals surface area contributed by atoms with Gasteiger partial charge in [0, 0.05) is 24.3 Å². The molecule has 0 saturated carbocycles. The number of nitrogens with zero attached hydrogens (tertiary/aromatic N) is 3. The number of carbonyl (C=O) groups is 1. The van der Waals surface area contributed by atoms with Crippen molar-refractivity contribution in [2.45, 2.75) is 19.3 Å². The van der Waals surface area contributed by atoms with Crippen molar-refractivity contribution in [2.24, 2.45) is 0 Å². The summed E-state index contributed by atoms with van der Waals surface area (Å²) in [5.41, 5.74) is 5.98. The maximum Gasteiger partial charge on any atom is 0.251 e. The summed E-state index contributed by atoms with van der Waals surface area (Å²) in [7, 11) is 0. The molecular formula is C27H28N4O. The zero-order chi connectivity index (χ0) is 21.8. The van der Waals surface area contributed by atoms with Gasteiger partial charge in [-0.15, -0.1) is 0 Å².